The lowest BCUT2D eigenvalue weighted by atomic mass is 10.2. The molecule has 0 bridgehead atoms. The third-order valence-electron chi connectivity index (χ3n) is 4.23. The van der Waals surface area contributed by atoms with Gasteiger partial charge in [-0.05, 0) is 18.9 Å². The van der Waals surface area contributed by atoms with Gasteiger partial charge in [0, 0.05) is 25.1 Å². The van der Waals surface area contributed by atoms with Crippen LogP contribution in [0.4, 0.5) is 0 Å². The topological polar surface area (TPSA) is 84.7 Å². The third kappa shape index (κ3) is 3.91. The van der Waals surface area contributed by atoms with E-state index in [0.717, 1.165) is 23.7 Å². The molecule has 0 aliphatic carbocycles. The van der Waals surface area contributed by atoms with Gasteiger partial charge in [-0.3, -0.25) is 14.3 Å². The van der Waals surface area contributed by atoms with Crippen LogP contribution in [0.15, 0.2) is 30.5 Å². The van der Waals surface area contributed by atoms with Gasteiger partial charge in [0.2, 0.25) is 5.91 Å². The molecule has 1 saturated heterocycles. The van der Waals surface area contributed by atoms with Crippen molar-refractivity contribution in [2.24, 2.45) is 0 Å². The van der Waals surface area contributed by atoms with E-state index in [0.29, 0.717) is 13.2 Å². The molecule has 128 valence electrons. The van der Waals surface area contributed by atoms with Gasteiger partial charge in [-0.25, -0.2) is 0 Å². The Bertz CT molecular complexity index is 721. The zero-order chi connectivity index (χ0) is 16.9. The number of amides is 1. The first kappa shape index (κ1) is 16.4. The summed E-state index contributed by atoms with van der Waals surface area (Å²) in [5.74, 6) is -1.05. The van der Waals surface area contributed by atoms with Crippen LogP contribution < -0.4 is 0 Å². The van der Waals surface area contributed by atoms with Crippen LogP contribution in [-0.2, 0) is 20.9 Å². The Balaban J connectivity index is 1.70. The van der Waals surface area contributed by atoms with Crippen LogP contribution in [0.25, 0.3) is 10.9 Å². The van der Waals surface area contributed by atoms with Crippen molar-refractivity contribution < 1.29 is 19.4 Å². The van der Waals surface area contributed by atoms with E-state index in [-0.39, 0.29) is 31.5 Å². The quantitative estimate of drug-likeness (QED) is 0.831. The number of carbonyl (C=O) groups excluding carboxylic acids is 1. The minimum absolute atomic E-state index is 0.00268. The number of carboxylic acid groups (broad SMARTS) is 1. The number of carbonyl (C=O) groups is 2. The molecule has 7 heteroatoms. The van der Waals surface area contributed by atoms with Crippen molar-refractivity contribution in [1.29, 1.82) is 0 Å². The molecule has 24 heavy (non-hydrogen) atoms. The molecule has 2 aromatic rings. The molecule has 7 nitrogen and oxygen atoms in total. The van der Waals surface area contributed by atoms with Gasteiger partial charge in [0.05, 0.1) is 24.2 Å². The minimum atomic E-state index is -0.912. The zero-order valence-corrected chi connectivity index (χ0v) is 13.4. The number of fused-ring (bicyclic) bond motifs is 1. The highest BCUT2D eigenvalue weighted by Crippen LogP contribution is 2.16. The second-order valence-corrected chi connectivity index (χ2v) is 5.98. The maximum Gasteiger partial charge on any atom is 0.305 e. The fraction of sp³-hybridized carbons (Fsp3) is 0.471. The van der Waals surface area contributed by atoms with Crippen molar-refractivity contribution in [2.75, 3.05) is 19.7 Å². The van der Waals surface area contributed by atoms with Crippen LogP contribution in [0.1, 0.15) is 19.3 Å². The summed E-state index contributed by atoms with van der Waals surface area (Å²) < 4.78 is 7.24. The summed E-state index contributed by atoms with van der Waals surface area (Å²) >= 11 is 0. The van der Waals surface area contributed by atoms with Gasteiger partial charge >= 0.3 is 5.97 Å². The monoisotopic (exact) mass is 331 g/mol. The van der Waals surface area contributed by atoms with Crippen molar-refractivity contribution in [2.45, 2.75) is 31.9 Å². The number of nitrogens with zero attached hydrogens (tertiary/aromatic N) is 3. The van der Waals surface area contributed by atoms with E-state index in [1.165, 1.54) is 0 Å². The van der Waals surface area contributed by atoms with Crippen LogP contribution >= 0.6 is 0 Å². The molecule has 1 amide bonds. The van der Waals surface area contributed by atoms with E-state index in [1.807, 2.05) is 24.3 Å². The standard InChI is InChI=1S/C17H21N3O4/c21-16(12-20-15-6-2-1-4-13(15)10-18-20)19(8-7-17(22)23)11-14-5-3-9-24-14/h1-2,4,6,10,14H,3,5,7-9,11-12H2,(H,22,23). The maximum absolute atomic E-state index is 12.7. The lowest BCUT2D eigenvalue weighted by Crippen LogP contribution is -2.40. The van der Waals surface area contributed by atoms with Gasteiger partial charge in [0.15, 0.2) is 0 Å². The Hall–Kier alpha value is -2.41. The Morgan fingerprint density at radius 2 is 2.21 bits per heavy atom. The Morgan fingerprint density at radius 1 is 1.38 bits per heavy atom. The molecule has 1 aromatic heterocycles. The number of carboxylic acids is 1. The molecule has 0 saturated carbocycles. The number of hydrogen-bond acceptors (Lipinski definition) is 4. The summed E-state index contributed by atoms with van der Waals surface area (Å²) in [7, 11) is 0. The second kappa shape index (κ2) is 7.44. The fourth-order valence-electron chi connectivity index (χ4n) is 2.96. The number of ether oxygens (including phenoxy) is 1. The summed E-state index contributed by atoms with van der Waals surface area (Å²) in [5, 5.41) is 14.2. The number of rotatable bonds is 7. The van der Waals surface area contributed by atoms with Crippen LogP contribution in [-0.4, -0.2) is 57.5 Å². The SMILES string of the molecule is O=C(O)CCN(CC1CCCO1)C(=O)Cn1ncc2ccccc21. The van der Waals surface area contributed by atoms with Gasteiger partial charge < -0.3 is 14.7 Å². The molecular formula is C17H21N3O4. The van der Waals surface area contributed by atoms with Gasteiger partial charge in [0.1, 0.15) is 6.54 Å². The molecule has 1 atom stereocenters. The predicted molar refractivity (Wildman–Crippen MR) is 87.5 cm³/mol. The summed E-state index contributed by atoms with van der Waals surface area (Å²) in [6.07, 6.45) is 3.54. The van der Waals surface area contributed by atoms with E-state index in [9.17, 15) is 9.59 Å². The minimum Gasteiger partial charge on any atom is -0.481 e. The summed E-state index contributed by atoms with van der Waals surface area (Å²) in [6.45, 7) is 1.42. The zero-order valence-electron chi connectivity index (χ0n) is 13.4. The van der Waals surface area contributed by atoms with E-state index in [4.69, 9.17) is 9.84 Å². The molecule has 2 heterocycles. The van der Waals surface area contributed by atoms with Crippen LogP contribution in [0, 0.1) is 0 Å². The van der Waals surface area contributed by atoms with E-state index in [2.05, 4.69) is 5.10 Å². The Morgan fingerprint density at radius 3 is 2.96 bits per heavy atom. The fourth-order valence-corrected chi connectivity index (χ4v) is 2.96. The van der Waals surface area contributed by atoms with Crippen LogP contribution in [0.5, 0.6) is 0 Å². The smallest absolute Gasteiger partial charge is 0.305 e. The normalized spacial score (nSPS) is 17.2. The lowest BCUT2D eigenvalue weighted by Gasteiger charge is -2.25. The molecule has 1 aliphatic heterocycles. The summed E-state index contributed by atoms with van der Waals surface area (Å²) in [4.78, 5) is 25.1. The average Bonchev–Trinajstić information content (AvgIpc) is 3.21. The first-order valence-electron chi connectivity index (χ1n) is 8.15. The van der Waals surface area contributed by atoms with Crippen molar-refractivity contribution in [3.63, 3.8) is 0 Å². The predicted octanol–water partition coefficient (Wildman–Crippen LogP) is 1.52. The van der Waals surface area contributed by atoms with E-state index in [1.54, 1.807) is 15.8 Å². The number of aliphatic carboxylic acids is 1. The molecule has 1 N–H and O–H groups in total. The maximum atomic E-state index is 12.7. The first-order valence-corrected chi connectivity index (χ1v) is 8.15. The molecule has 0 spiro atoms. The Labute approximate surface area is 139 Å². The lowest BCUT2D eigenvalue weighted by molar-refractivity contribution is -0.139. The number of para-hydroxylation sites is 1. The van der Waals surface area contributed by atoms with Crippen molar-refractivity contribution in [1.82, 2.24) is 14.7 Å². The first-order chi connectivity index (χ1) is 11.6. The van der Waals surface area contributed by atoms with Crippen LogP contribution in [0.3, 0.4) is 0 Å². The number of aromatic nitrogens is 2. The van der Waals surface area contributed by atoms with Crippen molar-refractivity contribution in [3.05, 3.63) is 30.5 Å². The third-order valence-corrected chi connectivity index (χ3v) is 4.23. The highest BCUT2D eigenvalue weighted by atomic mass is 16.5. The summed E-state index contributed by atoms with van der Waals surface area (Å²) in [6, 6.07) is 7.68. The molecule has 3 rings (SSSR count). The molecule has 1 unspecified atom stereocenters. The van der Waals surface area contributed by atoms with Crippen molar-refractivity contribution >= 4 is 22.8 Å². The highest BCUT2D eigenvalue weighted by Gasteiger charge is 2.23. The Kier molecular flexibility index (Phi) is 5.10. The van der Waals surface area contributed by atoms with Gasteiger partial charge in [-0.1, -0.05) is 18.2 Å². The second-order valence-electron chi connectivity index (χ2n) is 5.98. The number of benzene rings is 1. The van der Waals surface area contributed by atoms with E-state index >= 15 is 0 Å². The highest BCUT2D eigenvalue weighted by molar-refractivity contribution is 5.82. The molecule has 0 radical (unpaired) electrons. The largest absolute Gasteiger partial charge is 0.481 e. The average molecular weight is 331 g/mol. The number of hydrogen-bond donors (Lipinski definition) is 1. The molecule has 1 aliphatic rings. The van der Waals surface area contributed by atoms with Gasteiger partial charge in [0.25, 0.3) is 0 Å². The molecular weight excluding hydrogens is 310 g/mol. The van der Waals surface area contributed by atoms with Gasteiger partial charge in [-0.2, -0.15) is 5.10 Å². The van der Waals surface area contributed by atoms with Crippen molar-refractivity contribution in [3.8, 4) is 0 Å². The molecule has 1 aromatic carbocycles. The van der Waals surface area contributed by atoms with E-state index < -0.39 is 5.97 Å². The molecule has 1 fully saturated rings. The summed E-state index contributed by atoms with van der Waals surface area (Å²) in [5.41, 5.74) is 0.890. The van der Waals surface area contributed by atoms with Crippen LogP contribution in [0.2, 0.25) is 0 Å². The van der Waals surface area contributed by atoms with Gasteiger partial charge in [-0.15, -0.1) is 0 Å².